The topological polar surface area (TPSA) is 55.1 Å². The first-order valence-electron chi connectivity index (χ1n) is 8.32. The molecule has 0 fully saturated rings. The fourth-order valence-electron chi connectivity index (χ4n) is 2.92. The number of pyridine rings is 1. The highest BCUT2D eigenvalue weighted by atomic mass is 15.3. The molecule has 1 N–H and O–H groups in total. The van der Waals surface area contributed by atoms with Crippen molar-refractivity contribution in [2.75, 3.05) is 5.32 Å². The maximum atomic E-state index is 4.60. The maximum Gasteiger partial charge on any atom is 0.157 e. The Labute approximate surface area is 143 Å². The van der Waals surface area contributed by atoms with Crippen molar-refractivity contribution in [3.63, 3.8) is 0 Å². The second-order valence-corrected chi connectivity index (χ2v) is 7.52. The number of aromatic nitrogens is 4. The SMILES string of the molecule is Cc1nc2ccnn2c(NC(CC(C)(C)C)c2cccnc2)c1C. The van der Waals surface area contributed by atoms with E-state index in [1.807, 2.05) is 36.0 Å². The van der Waals surface area contributed by atoms with Crippen molar-refractivity contribution in [3.05, 3.63) is 53.6 Å². The van der Waals surface area contributed by atoms with Crippen LogP contribution >= 0.6 is 0 Å². The van der Waals surface area contributed by atoms with Crippen LogP contribution in [0.2, 0.25) is 0 Å². The van der Waals surface area contributed by atoms with Crippen molar-refractivity contribution in [3.8, 4) is 0 Å². The number of nitrogens with zero attached hydrogens (tertiary/aromatic N) is 4. The lowest BCUT2D eigenvalue weighted by Gasteiger charge is -2.28. The lowest BCUT2D eigenvalue weighted by molar-refractivity contribution is 0.351. The Balaban J connectivity index is 2.05. The molecule has 24 heavy (non-hydrogen) atoms. The van der Waals surface area contributed by atoms with Gasteiger partial charge < -0.3 is 5.32 Å². The van der Waals surface area contributed by atoms with E-state index >= 15 is 0 Å². The quantitative estimate of drug-likeness (QED) is 0.776. The standard InChI is InChI=1S/C19H25N5/c1-13-14(2)22-17-8-10-21-24(17)18(13)23-16(11-19(3,4)5)15-7-6-9-20-12-15/h6-10,12,16,23H,11H2,1-5H3. The van der Waals surface area contributed by atoms with Gasteiger partial charge in [0.15, 0.2) is 5.65 Å². The number of anilines is 1. The summed E-state index contributed by atoms with van der Waals surface area (Å²) in [5, 5.41) is 8.15. The molecule has 0 aliphatic heterocycles. The molecular weight excluding hydrogens is 298 g/mol. The predicted octanol–water partition coefficient (Wildman–Crippen LogP) is 4.33. The third-order valence-corrected chi connectivity index (χ3v) is 4.23. The Morgan fingerprint density at radius 1 is 1.17 bits per heavy atom. The molecule has 1 atom stereocenters. The molecule has 3 aromatic rings. The summed E-state index contributed by atoms with van der Waals surface area (Å²) >= 11 is 0. The van der Waals surface area contributed by atoms with Crippen LogP contribution in [0.5, 0.6) is 0 Å². The van der Waals surface area contributed by atoms with Crippen LogP contribution in [0.25, 0.3) is 5.65 Å². The number of nitrogens with one attached hydrogen (secondary N) is 1. The van der Waals surface area contributed by atoms with Crippen molar-refractivity contribution in [1.82, 2.24) is 19.6 Å². The molecule has 0 bridgehead atoms. The smallest absolute Gasteiger partial charge is 0.157 e. The van der Waals surface area contributed by atoms with Crippen LogP contribution < -0.4 is 5.32 Å². The van der Waals surface area contributed by atoms with Gasteiger partial charge in [0, 0.05) is 29.7 Å². The molecule has 3 aromatic heterocycles. The van der Waals surface area contributed by atoms with E-state index in [0.717, 1.165) is 29.1 Å². The fourth-order valence-corrected chi connectivity index (χ4v) is 2.92. The van der Waals surface area contributed by atoms with E-state index in [4.69, 9.17) is 0 Å². The zero-order valence-corrected chi connectivity index (χ0v) is 15.0. The number of fused-ring (bicyclic) bond motifs is 1. The Kier molecular flexibility index (Phi) is 4.26. The van der Waals surface area contributed by atoms with Gasteiger partial charge in [-0.1, -0.05) is 26.8 Å². The summed E-state index contributed by atoms with van der Waals surface area (Å²) in [6, 6.07) is 6.20. The third-order valence-electron chi connectivity index (χ3n) is 4.23. The number of hydrogen-bond donors (Lipinski definition) is 1. The summed E-state index contributed by atoms with van der Waals surface area (Å²) in [6.45, 7) is 10.9. The molecule has 1 unspecified atom stereocenters. The fraction of sp³-hybridized carbons (Fsp3) is 0.421. The van der Waals surface area contributed by atoms with Crippen LogP contribution in [-0.2, 0) is 0 Å². The Morgan fingerprint density at radius 2 is 1.96 bits per heavy atom. The van der Waals surface area contributed by atoms with Crippen molar-refractivity contribution >= 4 is 11.5 Å². The minimum absolute atomic E-state index is 0.159. The van der Waals surface area contributed by atoms with Crippen LogP contribution in [0.4, 0.5) is 5.82 Å². The van der Waals surface area contributed by atoms with Gasteiger partial charge in [0.2, 0.25) is 0 Å². The van der Waals surface area contributed by atoms with Gasteiger partial charge in [-0.15, -0.1) is 0 Å². The highest BCUT2D eigenvalue weighted by Gasteiger charge is 2.22. The molecule has 3 rings (SSSR count). The van der Waals surface area contributed by atoms with Crippen LogP contribution in [0, 0.1) is 19.3 Å². The van der Waals surface area contributed by atoms with Gasteiger partial charge >= 0.3 is 0 Å². The first kappa shape index (κ1) is 16.4. The van der Waals surface area contributed by atoms with Crippen molar-refractivity contribution in [2.24, 2.45) is 5.41 Å². The first-order valence-corrected chi connectivity index (χ1v) is 8.32. The molecule has 0 aliphatic rings. The molecule has 0 saturated heterocycles. The van der Waals surface area contributed by atoms with Crippen LogP contribution in [0.15, 0.2) is 36.8 Å². The zero-order chi connectivity index (χ0) is 17.3. The van der Waals surface area contributed by atoms with E-state index in [1.54, 1.807) is 6.20 Å². The van der Waals surface area contributed by atoms with Crippen LogP contribution in [0.1, 0.15) is 50.1 Å². The van der Waals surface area contributed by atoms with Gasteiger partial charge in [0.1, 0.15) is 5.82 Å². The van der Waals surface area contributed by atoms with Crippen molar-refractivity contribution in [1.29, 1.82) is 0 Å². The average Bonchev–Trinajstić information content (AvgIpc) is 2.98. The largest absolute Gasteiger partial charge is 0.363 e. The van der Waals surface area contributed by atoms with Gasteiger partial charge in [0.25, 0.3) is 0 Å². The molecule has 5 heteroatoms. The Bertz CT molecular complexity index is 830. The van der Waals surface area contributed by atoms with E-state index in [-0.39, 0.29) is 11.5 Å². The summed E-state index contributed by atoms with van der Waals surface area (Å²) in [6.07, 6.45) is 6.52. The summed E-state index contributed by atoms with van der Waals surface area (Å²) in [4.78, 5) is 8.89. The normalized spacial score (nSPS) is 13.2. The predicted molar refractivity (Wildman–Crippen MR) is 97.1 cm³/mol. The molecule has 0 aliphatic carbocycles. The molecule has 0 aromatic carbocycles. The van der Waals surface area contributed by atoms with Gasteiger partial charge in [0.05, 0.1) is 12.2 Å². The third kappa shape index (κ3) is 3.40. The Morgan fingerprint density at radius 3 is 2.62 bits per heavy atom. The minimum Gasteiger partial charge on any atom is -0.363 e. The van der Waals surface area contributed by atoms with Crippen LogP contribution in [-0.4, -0.2) is 19.6 Å². The lowest BCUT2D eigenvalue weighted by atomic mass is 9.86. The highest BCUT2D eigenvalue weighted by Crippen LogP contribution is 2.33. The molecule has 5 nitrogen and oxygen atoms in total. The van der Waals surface area contributed by atoms with E-state index < -0.39 is 0 Å². The molecule has 0 saturated carbocycles. The number of aryl methyl sites for hydroxylation is 1. The van der Waals surface area contributed by atoms with Crippen molar-refractivity contribution in [2.45, 2.75) is 47.1 Å². The maximum absolute atomic E-state index is 4.60. The monoisotopic (exact) mass is 323 g/mol. The highest BCUT2D eigenvalue weighted by molar-refractivity contribution is 5.55. The summed E-state index contributed by atoms with van der Waals surface area (Å²) in [7, 11) is 0. The summed E-state index contributed by atoms with van der Waals surface area (Å²) in [5.41, 5.74) is 4.37. The lowest BCUT2D eigenvalue weighted by Crippen LogP contribution is -2.21. The first-order chi connectivity index (χ1) is 11.3. The van der Waals surface area contributed by atoms with Crippen LogP contribution in [0.3, 0.4) is 0 Å². The second-order valence-electron chi connectivity index (χ2n) is 7.52. The van der Waals surface area contributed by atoms with E-state index in [0.29, 0.717) is 0 Å². The van der Waals surface area contributed by atoms with Gasteiger partial charge in [-0.2, -0.15) is 9.61 Å². The van der Waals surface area contributed by atoms with Crippen molar-refractivity contribution < 1.29 is 0 Å². The zero-order valence-electron chi connectivity index (χ0n) is 15.0. The summed E-state index contributed by atoms with van der Waals surface area (Å²) < 4.78 is 1.88. The summed E-state index contributed by atoms with van der Waals surface area (Å²) in [5.74, 6) is 1.00. The minimum atomic E-state index is 0.159. The molecule has 3 heterocycles. The molecule has 0 radical (unpaired) electrons. The molecule has 0 spiro atoms. The van der Waals surface area contributed by atoms with Gasteiger partial charge in [-0.25, -0.2) is 4.98 Å². The van der Waals surface area contributed by atoms with Gasteiger partial charge in [-0.3, -0.25) is 4.98 Å². The Hall–Kier alpha value is -2.43. The van der Waals surface area contributed by atoms with Gasteiger partial charge in [-0.05, 0) is 37.3 Å². The molecular formula is C19H25N5. The van der Waals surface area contributed by atoms with E-state index in [1.165, 1.54) is 5.56 Å². The number of hydrogen-bond acceptors (Lipinski definition) is 4. The van der Waals surface area contributed by atoms with E-state index in [9.17, 15) is 0 Å². The average molecular weight is 323 g/mol. The second kappa shape index (κ2) is 6.23. The number of rotatable bonds is 4. The molecule has 126 valence electrons. The molecule has 0 amide bonds. The van der Waals surface area contributed by atoms with E-state index in [2.05, 4.69) is 54.1 Å².